The first-order valence-electron chi connectivity index (χ1n) is 4.84. The highest BCUT2D eigenvalue weighted by molar-refractivity contribution is 6.32. The first-order chi connectivity index (χ1) is 8.04. The summed E-state index contributed by atoms with van der Waals surface area (Å²) in [6, 6.07) is 4.16. The van der Waals surface area contributed by atoms with Crippen molar-refractivity contribution in [3.8, 4) is 0 Å². The van der Waals surface area contributed by atoms with Crippen LogP contribution < -0.4 is 5.32 Å². The van der Waals surface area contributed by atoms with Gasteiger partial charge < -0.3 is 10.1 Å². The molecule has 0 bridgehead atoms. The van der Waals surface area contributed by atoms with E-state index in [1.54, 1.807) is 0 Å². The number of ether oxygens (including phenoxy) is 1. The summed E-state index contributed by atoms with van der Waals surface area (Å²) in [4.78, 5) is 21.8. The Hall–Kier alpha value is -1.62. The van der Waals surface area contributed by atoms with E-state index in [0.717, 1.165) is 7.11 Å². The second kappa shape index (κ2) is 6.20. The molecule has 0 aliphatic carbocycles. The van der Waals surface area contributed by atoms with Gasteiger partial charge >= 0.3 is 11.9 Å². The van der Waals surface area contributed by atoms with Crippen LogP contribution in [-0.4, -0.2) is 25.5 Å². The number of methoxy groups -OCH3 is 1. The van der Waals surface area contributed by atoms with Crippen LogP contribution in [0.25, 0.3) is 0 Å². The van der Waals surface area contributed by atoms with Gasteiger partial charge in [-0.05, 0) is 30.2 Å². The summed E-state index contributed by atoms with van der Waals surface area (Å²) in [6.07, 6.45) is 0.245. The van der Waals surface area contributed by atoms with Crippen molar-refractivity contribution in [2.45, 2.75) is 6.42 Å². The van der Waals surface area contributed by atoms with Crippen LogP contribution in [0.3, 0.4) is 0 Å². The zero-order valence-corrected chi connectivity index (χ0v) is 9.88. The van der Waals surface area contributed by atoms with E-state index in [0.29, 0.717) is 10.6 Å². The third kappa shape index (κ3) is 4.03. The van der Waals surface area contributed by atoms with Crippen LogP contribution in [-0.2, 0) is 20.7 Å². The Labute approximate surface area is 103 Å². The predicted octanol–water partition coefficient (Wildman–Crippen LogP) is 1.31. The van der Waals surface area contributed by atoms with Gasteiger partial charge in [-0.15, -0.1) is 0 Å². The number of nitrogens with one attached hydrogen (secondary N) is 1. The Morgan fingerprint density at radius 1 is 1.47 bits per heavy atom. The Bertz CT molecular complexity index is 437. The molecule has 0 unspecified atom stereocenters. The number of benzene rings is 1. The molecular weight excluding hydrogens is 249 g/mol. The number of hydrogen-bond donors (Lipinski definition) is 1. The summed E-state index contributed by atoms with van der Waals surface area (Å²) >= 11 is 5.70. The highest BCUT2D eigenvalue weighted by Gasteiger charge is 2.12. The monoisotopic (exact) mass is 259 g/mol. The average molecular weight is 260 g/mol. The summed E-state index contributed by atoms with van der Waals surface area (Å²) in [5, 5.41) is 2.72. The van der Waals surface area contributed by atoms with E-state index in [2.05, 4.69) is 10.1 Å². The lowest BCUT2D eigenvalue weighted by Crippen LogP contribution is -2.33. The minimum Gasteiger partial charge on any atom is -0.462 e. The van der Waals surface area contributed by atoms with Crippen molar-refractivity contribution in [3.63, 3.8) is 0 Å². The first-order valence-corrected chi connectivity index (χ1v) is 5.22. The van der Waals surface area contributed by atoms with Gasteiger partial charge in [-0.1, -0.05) is 11.6 Å². The normalized spacial score (nSPS) is 9.82. The smallest absolute Gasteiger partial charge is 0.396 e. The zero-order chi connectivity index (χ0) is 12.8. The number of carbonyl (C=O) groups is 2. The van der Waals surface area contributed by atoms with Crippen LogP contribution in [0.2, 0.25) is 5.02 Å². The number of hydrogen-bond acceptors (Lipinski definition) is 3. The van der Waals surface area contributed by atoms with Gasteiger partial charge in [0.1, 0.15) is 5.82 Å². The summed E-state index contributed by atoms with van der Waals surface area (Å²) in [5.74, 6) is -2.23. The maximum absolute atomic E-state index is 13.3. The highest BCUT2D eigenvalue weighted by atomic mass is 35.5. The van der Waals surface area contributed by atoms with Gasteiger partial charge in [0.05, 0.1) is 7.11 Å². The topological polar surface area (TPSA) is 55.4 Å². The van der Waals surface area contributed by atoms with Crippen molar-refractivity contribution in [1.82, 2.24) is 5.32 Å². The molecule has 4 nitrogen and oxygen atoms in total. The first kappa shape index (κ1) is 13.4. The largest absolute Gasteiger partial charge is 0.462 e. The van der Waals surface area contributed by atoms with E-state index in [1.165, 1.54) is 18.2 Å². The van der Waals surface area contributed by atoms with E-state index in [1.807, 2.05) is 0 Å². The van der Waals surface area contributed by atoms with Gasteiger partial charge in [0.2, 0.25) is 0 Å². The number of carbonyl (C=O) groups excluding carboxylic acids is 2. The fourth-order valence-corrected chi connectivity index (χ4v) is 1.41. The number of amides is 1. The van der Waals surface area contributed by atoms with Crippen molar-refractivity contribution >= 4 is 23.5 Å². The lowest BCUT2D eigenvalue weighted by atomic mass is 10.1. The van der Waals surface area contributed by atoms with Gasteiger partial charge in [0.15, 0.2) is 0 Å². The second-order valence-corrected chi connectivity index (χ2v) is 3.67. The lowest BCUT2D eigenvalue weighted by Gasteiger charge is -2.05. The zero-order valence-electron chi connectivity index (χ0n) is 9.13. The van der Waals surface area contributed by atoms with Crippen LogP contribution in [0, 0.1) is 5.82 Å². The summed E-state index contributed by atoms with van der Waals surface area (Å²) < 4.78 is 17.5. The fraction of sp³-hybridized carbons (Fsp3) is 0.273. The van der Waals surface area contributed by atoms with Crippen LogP contribution >= 0.6 is 11.6 Å². The maximum atomic E-state index is 13.3. The molecule has 1 aromatic carbocycles. The lowest BCUT2D eigenvalue weighted by molar-refractivity contribution is -0.152. The minimum atomic E-state index is -0.975. The molecule has 1 aromatic rings. The Balaban J connectivity index is 2.48. The highest BCUT2D eigenvalue weighted by Crippen LogP contribution is 2.14. The van der Waals surface area contributed by atoms with Crippen LogP contribution in [0.5, 0.6) is 0 Å². The summed E-state index contributed by atoms with van der Waals surface area (Å²) in [5.41, 5.74) is 0.377. The van der Waals surface area contributed by atoms with Crippen molar-refractivity contribution in [2.24, 2.45) is 0 Å². The Morgan fingerprint density at radius 3 is 2.82 bits per heavy atom. The number of esters is 1. The molecule has 1 rings (SSSR count). The van der Waals surface area contributed by atoms with Crippen molar-refractivity contribution in [2.75, 3.05) is 13.7 Å². The molecule has 0 spiro atoms. The molecule has 0 aromatic heterocycles. The standard InChI is InChI=1S/C11H11ClFNO3/c1-17-11(16)10(15)14-5-4-7-6-8(12)2-3-9(7)13/h2-3,6H,4-5H2,1H3,(H,14,15). The maximum Gasteiger partial charge on any atom is 0.396 e. The van der Waals surface area contributed by atoms with E-state index in [-0.39, 0.29) is 13.0 Å². The van der Waals surface area contributed by atoms with Crippen LogP contribution in [0.1, 0.15) is 5.56 Å². The van der Waals surface area contributed by atoms with Crippen molar-refractivity contribution < 1.29 is 18.7 Å². The molecular formula is C11H11ClFNO3. The van der Waals surface area contributed by atoms with Gasteiger partial charge in [-0.2, -0.15) is 0 Å². The molecule has 0 aliphatic rings. The van der Waals surface area contributed by atoms with Gasteiger partial charge in [-0.25, -0.2) is 9.18 Å². The number of rotatable bonds is 3. The number of halogens is 2. The predicted molar refractivity (Wildman–Crippen MR) is 60.1 cm³/mol. The van der Waals surface area contributed by atoms with Crippen LogP contribution in [0.15, 0.2) is 18.2 Å². The Morgan fingerprint density at radius 2 is 2.18 bits per heavy atom. The van der Waals surface area contributed by atoms with Gasteiger partial charge in [0, 0.05) is 11.6 Å². The molecule has 6 heteroatoms. The molecule has 0 atom stereocenters. The minimum absolute atomic E-state index is 0.130. The van der Waals surface area contributed by atoms with E-state index in [9.17, 15) is 14.0 Å². The van der Waals surface area contributed by atoms with Gasteiger partial charge in [0.25, 0.3) is 0 Å². The Kier molecular flexibility index (Phi) is 4.90. The van der Waals surface area contributed by atoms with E-state index < -0.39 is 17.7 Å². The fourth-order valence-electron chi connectivity index (χ4n) is 1.21. The molecule has 0 heterocycles. The third-order valence-electron chi connectivity index (χ3n) is 2.06. The molecule has 0 saturated carbocycles. The molecule has 0 aliphatic heterocycles. The van der Waals surface area contributed by atoms with Crippen molar-refractivity contribution in [1.29, 1.82) is 0 Å². The molecule has 92 valence electrons. The molecule has 0 fully saturated rings. The van der Waals surface area contributed by atoms with E-state index >= 15 is 0 Å². The van der Waals surface area contributed by atoms with Crippen molar-refractivity contribution in [3.05, 3.63) is 34.6 Å². The molecule has 0 radical (unpaired) electrons. The summed E-state index contributed by atoms with van der Waals surface area (Å²) in [7, 11) is 1.11. The molecule has 1 N–H and O–H groups in total. The van der Waals surface area contributed by atoms with Crippen LogP contribution in [0.4, 0.5) is 4.39 Å². The SMILES string of the molecule is COC(=O)C(=O)NCCc1cc(Cl)ccc1F. The summed E-state index contributed by atoms with van der Waals surface area (Å²) in [6.45, 7) is 0.130. The third-order valence-corrected chi connectivity index (χ3v) is 2.29. The molecule has 17 heavy (non-hydrogen) atoms. The van der Waals surface area contributed by atoms with Gasteiger partial charge in [-0.3, -0.25) is 4.79 Å². The molecule has 1 amide bonds. The second-order valence-electron chi connectivity index (χ2n) is 3.23. The average Bonchev–Trinajstić information content (AvgIpc) is 2.32. The molecule has 0 saturated heterocycles. The van der Waals surface area contributed by atoms with E-state index in [4.69, 9.17) is 11.6 Å². The quantitative estimate of drug-likeness (QED) is 0.658.